The predicted molar refractivity (Wildman–Crippen MR) is 281 cm³/mol. The largest absolute Gasteiger partial charge is 0.308 e. The Morgan fingerprint density at radius 2 is 0.986 bits per heavy atom. The van der Waals surface area contributed by atoms with Gasteiger partial charge < -0.3 is 9.80 Å². The zero-order valence-electron chi connectivity index (χ0n) is 37.9. The topological polar surface area (TPSA) is 54.1 Å². The van der Waals surface area contributed by atoms with Gasteiger partial charge in [0.05, 0.1) is 39.6 Å². The molecule has 0 bridgehead atoms. The minimum absolute atomic E-state index is 0.140. The lowest BCUT2D eigenvalue weighted by Gasteiger charge is -2.43. The van der Waals surface area contributed by atoms with Crippen molar-refractivity contribution in [2.45, 2.75) is 0 Å². The van der Waals surface area contributed by atoms with E-state index in [4.69, 9.17) is 0 Å². The summed E-state index contributed by atoms with van der Waals surface area (Å²) in [5.41, 5.74) is 25.8. The smallest absolute Gasteiger partial charge is 0.101 e. The van der Waals surface area contributed by atoms with Crippen LogP contribution in [0.2, 0.25) is 0 Å². The molecular weight excluding hydrogens is 849 g/mol. The van der Waals surface area contributed by atoms with Gasteiger partial charge in [-0.1, -0.05) is 181 Å². The predicted octanol–water partition coefficient (Wildman–Crippen LogP) is 15.7. The van der Waals surface area contributed by atoms with Crippen molar-refractivity contribution in [1.29, 1.82) is 10.5 Å². The van der Waals surface area contributed by atoms with Crippen molar-refractivity contribution in [3.05, 3.63) is 299 Å². The maximum Gasteiger partial charge on any atom is 0.101 e. The van der Waals surface area contributed by atoms with E-state index in [1.807, 2.05) is 121 Å². The number of nitrogens with zero attached hydrogens (tertiary/aromatic N) is 4. The standard InChI is InChI=1S/C66H40N4/c67-43-53-39-51(45-19-7-1-8-20-45)41-59(47-23-11-3-12-24-47)65(53)69(55-27-15-5-16-28-55)61-37-33-49-32-36-58-62(38-34-50-31-35-57(61)63(49)64(50)58)70(56-29-17-6-18-30-56)66-54(44-68)40-52(46-21-9-2-10-22-46)42-60(66)48-25-13-4-14-26-48/h1-5,7-17,19-30,32-34,36-42,63-64H. The summed E-state index contributed by atoms with van der Waals surface area (Å²) in [6.07, 6.45) is 13.2. The summed E-state index contributed by atoms with van der Waals surface area (Å²) in [4.78, 5) is 4.49. The second kappa shape index (κ2) is 17.8. The molecule has 0 saturated carbocycles. The molecule has 12 rings (SSSR count). The first-order chi connectivity index (χ1) is 34.7. The van der Waals surface area contributed by atoms with Gasteiger partial charge in [0.25, 0.3) is 0 Å². The molecule has 0 fully saturated rings. The second-order valence-corrected chi connectivity index (χ2v) is 17.5. The maximum absolute atomic E-state index is 11.2. The van der Waals surface area contributed by atoms with Gasteiger partial charge in [0.15, 0.2) is 0 Å². The van der Waals surface area contributed by atoms with Crippen molar-refractivity contribution in [1.82, 2.24) is 0 Å². The van der Waals surface area contributed by atoms with E-state index in [-0.39, 0.29) is 11.8 Å². The van der Waals surface area contributed by atoms with Gasteiger partial charge in [-0.15, -0.1) is 0 Å². The molecule has 324 valence electrons. The third-order valence-corrected chi connectivity index (χ3v) is 13.6. The normalized spacial score (nSPS) is 15.8. The van der Waals surface area contributed by atoms with Crippen LogP contribution < -0.4 is 9.80 Å². The van der Waals surface area contributed by atoms with Crippen LogP contribution in [0.4, 0.5) is 22.7 Å². The Bertz CT molecular complexity index is 3720. The van der Waals surface area contributed by atoms with Crippen molar-refractivity contribution < 1.29 is 0 Å². The van der Waals surface area contributed by atoms with Gasteiger partial charge in [0.1, 0.15) is 12.1 Å². The molecule has 0 saturated heterocycles. The number of benzene rings is 7. The summed E-state index contributed by atoms with van der Waals surface area (Å²) < 4.78 is 0. The van der Waals surface area contributed by atoms with Gasteiger partial charge in [-0.3, -0.25) is 0 Å². The number of hydrogen-bond donors (Lipinski definition) is 0. The second-order valence-electron chi connectivity index (χ2n) is 17.5. The van der Waals surface area contributed by atoms with Crippen LogP contribution in [0.3, 0.4) is 0 Å². The van der Waals surface area contributed by atoms with Gasteiger partial charge in [-0.25, -0.2) is 0 Å². The average molecular weight is 889 g/mol. The molecule has 0 heterocycles. The van der Waals surface area contributed by atoms with E-state index in [1.165, 1.54) is 0 Å². The highest BCUT2D eigenvalue weighted by molar-refractivity contribution is 5.95. The van der Waals surface area contributed by atoms with Crippen molar-refractivity contribution in [2.24, 2.45) is 11.8 Å². The lowest BCUT2D eigenvalue weighted by Crippen LogP contribution is -2.34. The number of nitriles is 2. The number of allylic oxidation sites excluding steroid dienone is 10. The van der Waals surface area contributed by atoms with Gasteiger partial charge in [0, 0.05) is 45.9 Å². The van der Waals surface area contributed by atoms with E-state index in [1.54, 1.807) is 0 Å². The number of anilines is 4. The van der Waals surface area contributed by atoms with E-state index in [2.05, 4.69) is 155 Å². The van der Waals surface area contributed by atoms with Gasteiger partial charge in [-0.2, -0.15) is 10.5 Å². The molecule has 2 atom stereocenters. The summed E-state index contributed by atoms with van der Waals surface area (Å²) >= 11 is 0. The van der Waals surface area contributed by atoms with E-state index >= 15 is 0 Å². The van der Waals surface area contributed by atoms with Crippen LogP contribution in [-0.4, -0.2) is 0 Å². The van der Waals surface area contributed by atoms with Crippen LogP contribution in [0, 0.1) is 46.6 Å². The van der Waals surface area contributed by atoms with Gasteiger partial charge in [0.2, 0.25) is 0 Å². The molecule has 4 aliphatic carbocycles. The summed E-state index contributed by atoms with van der Waals surface area (Å²) in [5, 5.41) is 22.4. The highest BCUT2D eigenvalue weighted by Gasteiger charge is 2.43. The van der Waals surface area contributed by atoms with Crippen LogP contribution in [0.15, 0.2) is 276 Å². The van der Waals surface area contributed by atoms with Crippen LogP contribution in [-0.2, 0) is 0 Å². The lowest BCUT2D eigenvalue weighted by atomic mass is 9.64. The molecule has 0 N–H and O–H groups in total. The molecule has 70 heavy (non-hydrogen) atoms. The van der Waals surface area contributed by atoms with Crippen LogP contribution in [0.5, 0.6) is 0 Å². The monoisotopic (exact) mass is 888 g/mol. The van der Waals surface area contributed by atoms with Crippen molar-refractivity contribution in [2.75, 3.05) is 9.80 Å². The molecule has 2 unspecified atom stereocenters. The molecule has 8 aromatic rings. The first-order valence-electron chi connectivity index (χ1n) is 23.4. The van der Waals surface area contributed by atoms with E-state index in [0.29, 0.717) is 11.1 Å². The molecule has 4 heteroatoms. The molecule has 4 aliphatic rings. The Morgan fingerprint density at radius 1 is 0.443 bits per heavy atom. The molecule has 0 amide bonds. The van der Waals surface area contributed by atoms with Crippen LogP contribution in [0.25, 0.3) is 44.5 Å². The zero-order valence-corrected chi connectivity index (χ0v) is 37.9. The minimum Gasteiger partial charge on any atom is -0.308 e. The maximum atomic E-state index is 11.2. The Hall–Kier alpha value is -9.84. The van der Waals surface area contributed by atoms with E-state index < -0.39 is 0 Å². The molecular formula is C66H40N4. The van der Waals surface area contributed by atoms with Gasteiger partial charge in [-0.05, 0) is 111 Å². The summed E-state index contributed by atoms with van der Waals surface area (Å²) in [6, 6.07) is 77.4. The molecule has 0 aliphatic heterocycles. The highest BCUT2D eigenvalue weighted by atomic mass is 15.2. The average Bonchev–Trinajstić information content (AvgIpc) is 3.44. The zero-order chi connectivity index (χ0) is 47.0. The molecule has 8 aromatic carbocycles. The van der Waals surface area contributed by atoms with Crippen molar-refractivity contribution >= 4 is 22.7 Å². The third-order valence-electron chi connectivity index (χ3n) is 13.6. The Kier molecular flexibility index (Phi) is 10.5. The number of hydrogen-bond acceptors (Lipinski definition) is 4. The first-order valence-corrected chi connectivity index (χ1v) is 23.4. The fourth-order valence-electron chi connectivity index (χ4n) is 10.5. The molecule has 0 spiro atoms. The summed E-state index contributed by atoms with van der Waals surface area (Å²) in [5.74, 6) is -0.284. The van der Waals surface area contributed by atoms with Crippen LogP contribution >= 0.6 is 0 Å². The quantitative estimate of drug-likeness (QED) is 0.128. The van der Waals surface area contributed by atoms with Crippen LogP contribution in [0.1, 0.15) is 11.1 Å². The Balaban J connectivity index is 1.06. The number of rotatable bonds is 10. The fourth-order valence-corrected chi connectivity index (χ4v) is 10.5. The third kappa shape index (κ3) is 7.23. The number of para-hydroxylation sites is 1. The van der Waals surface area contributed by atoms with Crippen molar-refractivity contribution in [3.8, 4) is 56.6 Å². The Labute approximate surface area is 408 Å². The SMILES string of the molecule is N#Cc1cc(-c2ccccc2)cc(-c2ccccc2)c1N(C1=CC=C2C=CC3=C(N(c4cc#ccc4)c4c(C#N)cc(-c5ccccc5)cc4-c4ccccc4)C=CC4=C=C=C1C2C43)c1ccccc1. The van der Waals surface area contributed by atoms with Gasteiger partial charge >= 0.3 is 0 Å². The summed E-state index contributed by atoms with van der Waals surface area (Å²) in [6.45, 7) is 0. The Morgan fingerprint density at radius 3 is 1.53 bits per heavy atom. The first kappa shape index (κ1) is 41.6. The molecule has 0 radical (unpaired) electrons. The van der Waals surface area contributed by atoms with E-state index in [9.17, 15) is 10.5 Å². The van der Waals surface area contributed by atoms with E-state index in [0.717, 1.165) is 101 Å². The fraction of sp³-hybridized carbons (Fsp3) is 0.0303. The summed E-state index contributed by atoms with van der Waals surface area (Å²) in [7, 11) is 0. The highest BCUT2D eigenvalue weighted by Crippen LogP contribution is 2.55. The minimum atomic E-state index is -0.144. The lowest BCUT2D eigenvalue weighted by molar-refractivity contribution is 0.555. The molecule has 4 nitrogen and oxygen atoms in total. The van der Waals surface area contributed by atoms with Crippen molar-refractivity contribution in [3.63, 3.8) is 0 Å². The molecule has 0 aromatic heterocycles.